The predicted octanol–water partition coefficient (Wildman–Crippen LogP) is 4.11. The van der Waals surface area contributed by atoms with E-state index in [1.165, 1.54) is 30.1 Å². The fraction of sp³-hybridized carbons (Fsp3) is 0.125. The topological polar surface area (TPSA) is 41.5 Å². The van der Waals surface area contributed by atoms with E-state index in [2.05, 4.69) is 10.5 Å². The van der Waals surface area contributed by atoms with Crippen LogP contribution in [-0.4, -0.2) is 17.4 Å². The molecule has 114 valence electrons. The zero-order valence-electron chi connectivity index (χ0n) is 11.8. The van der Waals surface area contributed by atoms with Gasteiger partial charge in [0, 0.05) is 10.5 Å². The minimum Gasteiger partial charge on any atom is -0.272 e. The van der Waals surface area contributed by atoms with Gasteiger partial charge >= 0.3 is 0 Å². The summed E-state index contributed by atoms with van der Waals surface area (Å²) in [7, 11) is 0. The Kier molecular flexibility index (Phi) is 5.98. The van der Waals surface area contributed by atoms with Crippen molar-refractivity contribution in [1.82, 2.24) is 5.43 Å². The van der Waals surface area contributed by atoms with Gasteiger partial charge in [0.2, 0.25) is 0 Å². The second-order valence-electron chi connectivity index (χ2n) is 4.44. The number of thioether (sulfide) groups is 1. The van der Waals surface area contributed by atoms with Crippen molar-refractivity contribution in [2.75, 3.05) is 0 Å². The van der Waals surface area contributed by atoms with E-state index in [0.717, 1.165) is 4.90 Å². The molecule has 0 saturated carbocycles. The van der Waals surface area contributed by atoms with Gasteiger partial charge in [0.05, 0.1) is 16.5 Å². The van der Waals surface area contributed by atoms with Crippen LogP contribution in [0.3, 0.4) is 0 Å². The molecule has 0 aromatic heterocycles. The number of benzene rings is 2. The standard InChI is InChI=1S/C16H14ClFN2OS/c1-11(22-12-6-3-2-4-7-12)16(21)20-19-10-13-14(17)8-5-9-15(13)18/h2-11H,1H3,(H,20,21)/b19-10+. The Morgan fingerprint density at radius 1 is 1.27 bits per heavy atom. The first-order valence-electron chi connectivity index (χ1n) is 6.56. The molecule has 2 aromatic rings. The number of carbonyl (C=O) groups excluding carboxylic acids is 1. The molecule has 0 aliphatic heterocycles. The van der Waals surface area contributed by atoms with Gasteiger partial charge in [0.25, 0.3) is 5.91 Å². The molecule has 0 bridgehead atoms. The highest BCUT2D eigenvalue weighted by Gasteiger charge is 2.13. The van der Waals surface area contributed by atoms with Gasteiger partial charge in [-0.1, -0.05) is 35.9 Å². The van der Waals surface area contributed by atoms with Crippen LogP contribution in [-0.2, 0) is 4.79 Å². The first-order valence-corrected chi connectivity index (χ1v) is 7.82. The number of hydrazone groups is 1. The van der Waals surface area contributed by atoms with E-state index in [1.54, 1.807) is 13.0 Å². The van der Waals surface area contributed by atoms with Gasteiger partial charge in [-0.25, -0.2) is 9.82 Å². The fourth-order valence-corrected chi connectivity index (χ4v) is 2.74. The number of hydrogen-bond donors (Lipinski definition) is 1. The van der Waals surface area contributed by atoms with Crippen LogP contribution in [0.4, 0.5) is 4.39 Å². The lowest BCUT2D eigenvalue weighted by Crippen LogP contribution is -2.26. The molecule has 0 aliphatic carbocycles. The van der Waals surface area contributed by atoms with Crippen LogP contribution >= 0.6 is 23.4 Å². The van der Waals surface area contributed by atoms with Gasteiger partial charge in [-0.05, 0) is 31.2 Å². The van der Waals surface area contributed by atoms with Crippen molar-refractivity contribution >= 4 is 35.5 Å². The lowest BCUT2D eigenvalue weighted by atomic mass is 10.2. The Hall–Kier alpha value is -1.85. The van der Waals surface area contributed by atoms with Gasteiger partial charge in [0.1, 0.15) is 5.82 Å². The third-order valence-corrected chi connectivity index (χ3v) is 4.23. The van der Waals surface area contributed by atoms with Crippen LogP contribution in [0.15, 0.2) is 58.5 Å². The summed E-state index contributed by atoms with van der Waals surface area (Å²) in [5.41, 5.74) is 2.54. The Morgan fingerprint density at radius 2 is 2.00 bits per heavy atom. The summed E-state index contributed by atoms with van der Waals surface area (Å²) >= 11 is 7.28. The lowest BCUT2D eigenvalue weighted by molar-refractivity contribution is -0.120. The van der Waals surface area contributed by atoms with Crippen LogP contribution in [0.2, 0.25) is 5.02 Å². The summed E-state index contributed by atoms with van der Waals surface area (Å²) in [6.07, 6.45) is 1.20. The molecule has 3 nitrogen and oxygen atoms in total. The molecule has 1 amide bonds. The van der Waals surface area contributed by atoms with Crippen molar-refractivity contribution < 1.29 is 9.18 Å². The first-order chi connectivity index (χ1) is 10.6. The van der Waals surface area contributed by atoms with Gasteiger partial charge in [-0.2, -0.15) is 5.10 Å². The lowest BCUT2D eigenvalue weighted by Gasteiger charge is -2.09. The van der Waals surface area contributed by atoms with Crippen LogP contribution in [0.25, 0.3) is 0 Å². The summed E-state index contributed by atoms with van der Waals surface area (Å²) < 4.78 is 13.5. The van der Waals surface area contributed by atoms with Crippen LogP contribution in [0.1, 0.15) is 12.5 Å². The smallest absolute Gasteiger partial charge is 0.253 e. The molecule has 6 heteroatoms. The summed E-state index contributed by atoms with van der Waals surface area (Å²) in [6, 6.07) is 13.9. The number of nitrogens with one attached hydrogen (secondary N) is 1. The van der Waals surface area contributed by atoms with Crippen LogP contribution in [0, 0.1) is 5.82 Å². The highest BCUT2D eigenvalue weighted by atomic mass is 35.5. The van der Waals surface area contributed by atoms with E-state index in [9.17, 15) is 9.18 Å². The maximum absolute atomic E-state index is 13.5. The Bertz CT molecular complexity index is 659. The number of hydrogen-bond acceptors (Lipinski definition) is 3. The zero-order chi connectivity index (χ0) is 15.9. The molecule has 0 aliphatic rings. The van der Waals surface area contributed by atoms with E-state index >= 15 is 0 Å². The molecule has 0 radical (unpaired) electrons. The molecule has 0 heterocycles. The second kappa shape index (κ2) is 7.96. The molecule has 22 heavy (non-hydrogen) atoms. The number of amides is 1. The molecule has 1 N–H and O–H groups in total. The maximum atomic E-state index is 13.5. The highest BCUT2D eigenvalue weighted by molar-refractivity contribution is 8.00. The predicted molar refractivity (Wildman–Crippen MR) is 88.9 cm³/mol. The Labute approximate surface area is 137 Å². The van der Waals surface area contributed by atoms with Crippen molar-refractivity contribution in [3.8, 4) is 0 Å². The molecular weight excluding hydrogens is 323 g/mol. The summed E-state index contributed by atoms with van der Waals surface area (Å²) in [4.78, 5) is 12.9. The Balaban J connectivity index is 1.93. The van der Waals surface area contributed by atoms with Crippen molar-refractivity contribution in [2.45, 2.75) is 17.1 Å². The molecule has 0 spiro atoms. The van der Waals surface area contributed by atoms with E-state index in [-0.39, 0.29) is 21.7 Å². The number of carbonyl (C=O) groups is 1. The molecule has 1 atom stereocenters. The van der Waals surface area contributed by atoms with E-state index in [4.69, 9.17) is 11.6 Å². The summed E-state index contributed by atoms with van der Waals surface area (Å²) in [5, 5.41) is 3.68. The highest BCUT2D eigenvalue weighted by Crippen LogP contribution is 2.22. The Morgan fingerprint density at radius 3 is 2.68 bits per heavy atom. The quantitative estimate of drug-likeness (QED) is 0.507. The molecule has 2 rings (SSSR count). The first kappa shape index (κ1) is 16.5. The zero-order valence-corrected chi connectivity index (χ0v) is 13.4. The minimum absolute atomic E-state index is 0.146. The molecule has 0 fully saturated rings. The van der Waals surface area contributed by atoms with Crippen molar-refractivity contribution in [1.29, 1.82) is 0 Å². The molecule has 1 unspecified atom stereocenters. The monoisotopic (exact) mass is 336 g/mol. The van der Waals surface area contributed by atoms with Gasteiger partial charge < -0.3 is 0 Å². The molecule has 2 aromatic carbocycles. The summed E-state index contributed by atoms with van der Waals surface area (Å²) in [6.45, 7) is 1.78. The molecule has 0 saturated heterocycles. The maximum Gasteiger partial charge on any atom is 0.253 e. The van der Waals surface area contributed by atoms with Crippen molar-refractivity contribution in [3.63, 3.8) is 0 Å². The van der Waals surface area contributed by atoms with Crippen LogP contribution in [0.5, 0.6) is 0 Å². The largest absolute Gasteiger partial charge is 0.272 e. The summed E-state index contributed by atoms with van der Waals surface area (Å²) in [5.74, 6) is -0.755. The van der Waals surface area contributed by atoms with Gasteiger partial charge in [0.15, 0.2) is 0 Å². The second-order valence-corrected chi connectivity index (χ2v) is 6.26. The third-order valence-electron chi connectivity index (χ3n) is 2.79. The normalized spacial score (nSPS) is 12.3. The average Bonchev–Trinajstić information content (AvgIpc) is 2.51. The number of rotatable bonds is 5. The van der Waals surface area contributed by atoms with E-state index in [0.29, 0.717) is 0 Å². The van der Waals surface area contributed by atoms with Gasteiger partial charge in [-0.15, -0.1) is 11.8 Å². The SMILES string of the molecule is CC(Sc1ccccc1)C(=O)N/N=C/c1c(F)cccc1Cl. The third kappa shape index (κ3) is 4.58. The number of nitrogens with zero attached hydrogens (tertiary/aromatic N) is 1. The average molecular weight is 337 g/mol. The van der Waals surface area contributed by atoms with Crippen LogP contribution < -0.4 is 5.43 Å². The van der Waals surface area contributed by atoms with Crippen molar-refractivity contribution in [2.24, 2.45) is 5.10 Å². The van der Waals surface area contributed by atoms with E-state index in [1.807, 2.05) is 30.3 Å². The minimum atomic E-state index is -0.489. The molecular formula is C16H14ClFN2OS. The van der Waals surface area contributed by atoms with Gasteiger partial charge in [-0.3, -0.25) is 4.79 Å². The van der Waals surface area contributed by atoms with E-state index < -0.39 is 5.82 Å². The van der Waals surface area contributed by atoms with Crippen molar-refractivity contribution in [3.05, 3.63) is 64.9 Å². The fourth-order valence-electron chi connectivity index (χ4n) is 1.64. The number of halogens is 2.